The molecule has 2 nitrogen and oxygen atoms in total. The summed E-state index contributed by atoms with van der Waals surface area (Å²) in [6, 6.07) is 6.54. The van der Waals surface area contributed by atoms with E-state index in [1.165, 1.54) is 25.7 Å². The van der Waals surface area contributed by atoms with Crippen LogP contribution in [-0.2, 0) is 26.3 Å². The van der Waals surface area contributed by atoms with Gasteiger partial charge >= 0.3 is 37.9 Å². The maximum absolute atomic E-state index is 10.6. The Morgan fingerprint density at radius 2 is 2.00 bits per heavy atom. The average molecular weight is 448 g/mol. The number of rotatable bonds is 4. The van der Waals surface area contributed by atoms with E-state index < -0.39 is 20.8 Å². The van der Waals surface area contributed by atoms with Gasteiger partial charge in [-0.05, 0) is 49.0 Å². The molecule has 0 saturated heterocycles. The summed E-state index contributed by atoms with van der Waals surface area (Å²) in [6.07, 6.45) is 8.30. The van der Waals surface area contributed by atoms with Crippen LogP contribution >= 0.6 is 17.0 Å². The minimum absolute atomic E-state index is 0.000357. The topological polar surface area (TPSA) is 32.6 Å². The van der Waals surface area contributed by atoms with Gasteiger partial charge in [0.1, 0.15) is 5.75 Å². The second-order valence-corrected chi connectivity index (χ2v) is 11.3. The van der Waals surface area contributed by atoms with Gasteiger partial charge in [-0.15, -0.1) is 0 Å². The van der Waals surface area contributed by atoms with Crippen molar-refractivity contribution in [1.82, 2.24) is 0 Å². The Kier molecular flexibility index (Phi) is 7.84. The van der Waals surface area contributed by atoms with Crippen LogP contribution in [0, 0.1) is 11.8 Å². The van der Waals surface area contributed by atoms with Crippen molar-refractivity contribution in [3.63, 3.8) is 0 Å². The fourth-order valence-electron chi connectivity index (χ4n) is 3.97. The van der Waals surface area contributed by atoms with Crippen molar-refractivity contribution in [2.45, 2.75) is 64.3 Å². The number of phenolic OH excluding ortho intramolecular Hbond substituents is 1. The van der Waals surface area contributed by atoms with Crippen molar-refractivity contribution in [3.8, 4) is 5.75 Å². The summed E-state index contributed by atoms with van der Waals surface area (Å²) in [5.74, 6) is 2.12. The van der Waals surface area contributed by atoms with E-state index in [4.69, 9.17) is 22.0 Å². The summed E-state index contributed by atoms with van der Waals surface area (Å²) in [6.45, 7) is 6.52. The summed E-state index contributed by atoms with van der Waals surface area (Å²) >= 11 is -0.826. The van der Waals surface area contributed by atoms with Crippen molar-refractivity contribution in [1.29, 1.82) is 0 Å². The standard InChI is InChI=1S/C19H27NO.2ClH.Zr/c1-4-19(2,3)16-7-5-6-15(18(16)21)12-20-17-11-13-8-9-14(17)10-13;;;/h5-7,12-14,17,21H,4,8-11H2,1-3H3;2*1H;/q;;;+2/p-2. The van der Waals surface area contributed by atoms with E-state index >= 15 is 0 Å². The van der Waals surface area contributed by atoms with Gasteiger partial charge in [-0.3, -0.25) is 4.99 Å². The van der Waals surface area contributed by atoms with Gasteiger partial charge in [0.25, 0.3) is 0 Å². The molecule has 3 atom stereocenters. The average Bonchev–Trinajstić information content (AvgIpc) is 3.17. The number of fused-ring (bicyclic) bond motifs is 2. The molecular weight excluding hydrogens is 420 g/mol. The van der Waals surface area contributed by atoms with Gasteiger partial charge < -0.3 is 5.11 Å². The third-order valence-corrected chi connectivity index (χ3v) is 5.79. The van der Waals surface area contributed by atoms with Gasteiger partial charge in [0, 0.05) is 17.3 Å². The second kappa shape index (κ2) is 9.19. The first kappa shape index (κ1) is 20.5. The van der Waals surface area contributed by atoms with E-state index in [0.717, 1.165) is 29.4 Å². The Balaban J connectivity index is 0.000000647. The van der Waals surface area contributed by atoms with E-state index in [-0.39, 0.29) is 5.41 Å². The number of hydrogen-bond donors (Lipinski definition) is 1. The zero-order valence-corrected chi connectivity index (χ0v) is 18.7. The molecule has 132 valence electrons. The molecule has 2 fully saturated rings. The summed E-state index contributed by atoms with van der Waals surface area (Å²) in [5.41, 5.74) is 1.90. The Morgan fingerprint density at radius 3 is 2.54 bits per heavy atom. The van der Waals surface area contributed by atoms with Crippen molar-refractivity contribution in [3.05, 3.63) is 29.3 Å². The molecular formula is C19H27Cl2NOZr. The Hall–Kier alpha value is 0.153. The van der Waals surface area contributed by atoms with Crippen molar-refractivity contribution >= 4 is 23.2 Å². The molecule has 2 aliphatic rings. The number of para-hydroxylation sites is 1. The molecule has 1 aromatic carbocycles. The molecule has 2 bridgehead atoms. The van der Waals surface area contributed by atoms with Crippen molar-refractivity contribution in [2.75, 3.05) is 0 Å². The number of nitrogens with zero attached hydrogens (tertiary/aromatic N) is 1. The number of aromatic hydroxyl groups is 1. The fourth-order valence-corrected chi connectivity index (χ4v) is 3.97. The zero-order chi connectivity index (χ0) is 17.7. The van der Waals surface area contributed by atoms with Crippen LogP contribution in [0.4, 0.5) is 0 Å². The predicted octanol–water partition coefficient (Wildman–Crippen LogP) is 6.06. The zero-order valence-electron chi connectivity index (χ0n) is 14.7. The van der Waals surface area contributed by atoms with E-state index in [0.29, 0.717) is 11.8 Å². The SMILES string of the molecule is CCC(C)(C)c1cccc(C=NC2CC3CCC2C3)c1O.[Cl][Zr][Cl]. The number of phenols is 1. The number of benzene rings is 1. The van der Waals surface area contributed by atoms with Gasteiger partial charge in [-0.25, -0.2) is 0 Å². The van der Waals surface area contributed by atoms with Crippen LogP contribution in [0.3, 0.4) is 0 Å². The van der Waals surface area contributed by atoms with Gasteiger partial charge in [0.05, 0.1) is 6.04 Å². The van der Waals surface area contributed by atoms with Crippen LogP contribution in [0.5, 0.6) is 5.75 Å². The van der Waals surface area contributed by atoms with Crippen LogP contribution in [0.2, 0.25) is 0 Å². The van der Waals surface area contributed by atoms with Gasteiger partial charge in [0.2, 0.25) is 0 Å². The maximum atomic E-state index is 10.6. The van der Waals surface area contributed by atoms with Gasteiger partial charge in [0.15, 0.2) is 0 Å². The third-order valence-electron chi connectivity index (χ3n) is 5.79. The Morgan fingerprint density at radius 1 is 1.29 bits per heavy atom. The van der Waals surface area contributed by atoms with E-state index in [9.17, 15) is 5.11 Å². The number of aliphatic imine (C=N–C) groups is 1. The first-order valence-electron chi connectivity index (χ1n) is 8.74. The van der Waals surface area contributed by atoms with Crippen molar-refractivity contribution in [2.24, 2.45) is 16.8 Å². The van der Waals surface area contributed by atoms with E-state index in [2.05, 4.69) is 20.8 Å². The molecule has 24 heavy (non-hydrogen) atoms. The summed E-state index contributed by atoms with van der Waals surface area (Å²) < 4.78 is 0. The second-order valence-electron chi connectivity index (χ2n) is 7.57. The molecule has 5 heteroatoms. The molecule has 3 rings (SSSR count). The molecule has 0 amide bonds. The van der Waals surface area contributed by atoms with Crippen LogP contribution in [0.25, 0.3) is 0 Å². The third kappa shape index (κ3) is 4.86. The van der Waals surface area contributed by atoms with Gasteiger partial charge in [-0.2, -0.15) is 0 Å². The van der Waals surface area contributed by atoms with Crippen LogP contribution in [0.15, 0.2) is 23.2 Å². The molecule has 1 N–H and O–H groups in total. The predicted molar refractivity (Wildman–Crippen MR) is 100.0 cm³/mol. The fraction of sp³-hybridized carbons (Fsp3) is 0.632. The molecule has 1 aromatic rings. The van der Waals surface area contributed by atoms with Crippen molar-refractivity contribution < 1.29 is 26.0 Å². The van der Waals surface area contributed by atoms with E-state index in [1.54, 1.807) is 0 Å². The summed E-state index contributed by atoms with van der Waals surface area (Å²) in [7, 11) is 9.87. The number of hydrogen-bond acceptors (Lipinski definition) is 2. The van der Waals surface area contributed by atoms with Crippen LogP contribution in [-0.4, -0.2) is 17.4 Å². The normalized spacial score (nSPS) is 25.6. The molecule has 2 saturated carbocycles. The molecule has 0 aliphatic heterocycles. The first-order valence-corrected chi connectivity index (χ1v) is 15.1. The molecule has 3 unspecified atom stereocenters. The monoisotopic (exact) mass is 445 g/mol. The molecule has 0 spiro atoms. The minimum atomic E-state index is -0.826. The quantitative estimate of drug-likeness (QED) is 0.559. The van der Waals surface area contributed by atoms with Gasteiger partial charge in [-0.1, -0.05) is 39.3 Å². The Labute approximate surface area is 164 Å². The number of halogens is 2. The first-order chi connectivity index (χ1) is 11.4. The summed E-state index contributed by atoms with van der Waals surface area (Å²) in [4.78, 5) is 4.80. The van der Waals surface area contributed by atoms with Crippen LogP contribution < -0.4 is 0 Å². The molecule has 0 aromatic heterocycles. The molecule has 0 radical (unpaired) electrons. The molecule has 0 heterocycles. The molecule has 2 aliphatic carbocycles. The summed E-state index contributed by atoms with van der Waals surface area (Å²) in [5, 5.41) is 10.6. The Bertz CT molecular complexity index is 576. The van der Waals surface area contributed by atoms with Crippen LogP contribution in [0.1, 0.15) is 64.0 Å². The van der Waals surface area contributed by atoms with E-state index in [1.807, 2.05) is 24.4 Å².